The number of nitrogens with zero attached hydrogens (tertiary/aromatic N) is 3. The number of aromatic nitrogens is 3. The maximum absolute atomic E-state index is 8.98. The zero-order valence-electron chi connectivity index (χ0n) is 38.1. The van der Waals surface area contributed by atoms with Gasteiger partial charge in [0, 0.05) is 16.7 Å². The van der Waals surface area contributed by atoms with Gasteiger partial charge in [-0.05, 0) is 45.5 Å². The van der Waals surface area contributed by atoms with Gasteiger partial charge < -0.3 is 0 Å². The van der Waals surface area contributed by atoms with E-state index in [-0.39, 0.29) is 28.8 Å². The zero-order valence-corrected chi connectivity index (χ0v) is 31.1. The van der Waals surface area contributed by atoms with E-state index in [1.54, 1.807) is 18.2 Å². The van der Waals surface area contributed by atoms with Crippen LogP contribution in [0.2, 0.25) is 39.3 Å². The Kier molecular flexibility index (Phi) is 6.52. The first-order valence-corrected chi connectivity index (χ1v) is 23.6. The van der Waals surface area contributed by atoms with Crippen LogP contribution in [-0.2, 0) is 0 Å². The van der Waals surface area contributed by atoms with Gasteiger partial charge in [-0.15, -0.1) is 0 Å². The van der Waals surface area contributed by atoms with Crippen molar-refractivity contribution in [3.05, 3.63) is 151 Å². The lowest BCUT2D eigenvalue weighted by atomic mass is 9.96. The molecular weight excluding hydrogens is 639 g/mol. The maximum atomic E-state index is 8.98. The molecule has 0 aliphatic carbocycles. The van der Waals surface area contributed by atoms with E-state index >= 15 is 0 Å². The normalized spacial score (nSPS) is 14.3. The summed E-state index contributed by atoms with van der Waals surface area (Å²) in [5, 5.41) is 2.68. The van der Waals surface area contributed by atoms with Crippen molar-refractivity contribution in [3.63, 3.8) is 0 Å². The Bertz CT molecular complexity index is 2650. The van der Waals surface area contributed by atoms with Crippen LogP contribution in [0.5, 0.6) is 0 Å². The molecule has 1 heterocycles. The fourth-order valence-corrected chi connectivity index (χ4v) is 7.98. The highest BCUT2D eigenvalue weighted by atomic mass is 28.3. The summed E-state index contributed by atoms with van der Waals surface area (Å²) in [6.07, 6.45) is 0. The Labute approximate surface area is 311 Å². The Balaban J connectivity index is 1.32. The van der Waals surface area contributed by atoms with Crippen molar-refractivity contribution in [3.8, 4) is 67.5 Å². The third-order valence-electron chi connectivity index (χ3n) is 8.63. The van der Waals surface area contributed by atoms with Gasteiger partial charge in [0.15, 0.2) is 17.5 Å². The van der Waals surface area contributed by atoms with Crippen LogP contribution in [0.3, 0.4) is 0 Å². The molecule has 0 aliphatic rings. The molecule has 0 aliphatic heterocycles. The summed E-state index contributed by atoms with van der Waals surface area (Å²) in [5.41, 5.74) is 3.80. The molecule has 0 N–H and O–H groups in total. The van der Waals surface area contributed by atoms with Gasteiger partial charge in [-0.1, -0.05) is 189 Å². The minimum absolute atomic E-state index is 0.0289. The number of benzene rings is 6. The van der Waals surface area contributed by atoms with Gasteiger partial charge in [0.2, 0.25) is 0 Å². The number of hydrogen-bond acceptors (Lipinski definition) is 3. The largest absolute Gasteiger partial charge is 0.208 e. The summed E-state index contributed by atoms with van der Waals surface area (Å²) in [4.78, 5) is 15.0. The molecule has 0 atom stereocenters. The molecule has 0 bridgehead atoms. The van der Waals surface area contributed by atoms with Crippen molar-refractivity contribution < 1.29 is 12.3 Å². The second-order valence-electron chi connectivity index (χ2n) is 14.4. The van der Waals surface area contributed by atoms with E-state index in [2.05, 4.69) is 87.8 Å². The molecule has 5 heteroatoms. The Morgan fingerprint density at radius 2 is 0.700 bits per heavy atom. The van der Waals surface area contributed by atoms with E-state index in [1.807, 2.05) is 30.3 Å². The van der Waals surface area contributed by atoms with Crippen LogP contribution in [-0.4, -0.2) is 31.1 Å². The monoisotopic (exact) mass is 690 g/mol. The maximum Gasteiger partial charge on any atom is 0.164 e. The average Bonchev–Trinajstić information content (AvgIpc) is 3.22. The zero-order chi connectivity index (χ0) is 42.7. The molecule has 7 aromatic rings. The van der Waals surface area contributed by atoms with Crippen molar-refractivity contribution in [2.75, 3.05) is 0 Å². The van der Waals surface area contributed by atoms with E-state index in [0.717, 1.165) is 27.8 Å². The highest BCUT2D eigenvalue weighted by Crippen LogP contribution is 2.31. The van der Waals surface area contributed by atoms with Crippen LogP contribution in [0.1, 0.15) is 12.3 Å². The van der Waals surface area contributed by atoms with Crippen molar-refractivity contribution in [2.45, 2.75) is 39.3 Å². The van der Waals surface area contributed by atoms with E-state index in [4.69, 9.17) is 27.3 Å². The van der Waals surface area contributed by atoms with E-state index in [1.165, 1.54) is 10.4 Å². The van der Waals surface area contributed by atoms with Crippen LogP contribution in [0, 0.1) is 0 Å². The Hall–Kier alpha value is -5.24. The molecule has 246 valence electrons. The lowest BCUT2D eigenvalue weighted by Gasteiger charge is -2.17. The molecule has 0 saturated heterocycles. The SMILES string of the molecule is [2H]c1c([2H])c([2H])c(-c2c([2H])c([2H])c(-c3cccc(-c4cccc(-c5nc(-c6ccc([Si](C)(C)C)cc6)nc(-c6ccc([Si](C)(C)C)cc6)n5)c4)c3)c([2H])c2[2H])c([2H])c1[2H]. The number of hydrogen-bond donors (Lipinski definition) is 0. The van der Waals surface area contributed by atoms with E-state index in [0.29, 0.717) is 23.0 Å². The van der Waals surface area contributed by atoms with E-state index in [9.17, 15) is 0 Å². The third-order valence-corrected chi connectivity index (χ3v) is 12.8. The lowest BCUT2D eigenvalue weighted by Crippen LogP contribution is -2.37. The molecule has 0 unspecified atom stereocenters. The van der Waals surface area contributed by atoms with Crippen molar-refractivity contribution in [2.24, 2.45) is 0 Å². The quantitative estimate of drug-likeness (QED) is 0.149. The van der Waals surface area contributed by atoms with Crippen molar-refractivity contribution in [1.82, 2.24) is 15.0 Å². The lowest BCUT2D eigenvalue weighted by molar-refractivity contribution is 1.07. The summed E-state index contributed by atoms with van der Waals surface area (Å²) in [6, 6.07) is 27.1. The molecule has 0 saturated carbocycles. The summed E-state index contributed by atoms with van der Waals surface area (Å²) < 4.78 is 76.7. The topological polar surface area (TPSA) is 38.7 Å². The smallest absolute Gasteiger partial charge is 0.164 e. The van der Waals surface area contributed by atoms with Crippen LogP contribution in [0.4, 0.5) is 0 Å². The van der Waals surface area contributed by atoms with Gasteiger partial charge >= 0.3 is 0 Å². The molecule has 0 spiro atoms. The molecular formula is C45H43N3Si2. The second-order valence-corrected chi connectivity index (χ2v) is 24.5. The standard InChI is InChI=1S/C45H43N3Si2/c1-49(2,3)41-26-22-35(23-27-41)43-46-44(36-24-28-42(29-25-36)50(4,5)6)48-45(47-43)40-17-11-16-39(31-40)38-15-10-14-37(30-38)34-20-18-33(19-21-34)32-12-8-7-9-13-32/h7-31H,1-6H3/i7D,8D,9D,12D,13D,18D,19D,20D,21D. The average molecular weight is 691 g/mol. The Morgan fingerprint density at radius 1 is 0.360 bits per heavy atom. The molecule has 1 aromatic heterocycles. The van der Waals surface area contributed by atoms with Gasteiger partial charge in [0.05, 0.1) is 28.5 Å². The molecule has 0 fully saturated rings. The second kappa shape index (κ2) is 13.6. The van der Waals surface area contributed by atoms with Crippen LogP contribution in [0.25, 0.3) is 67.5 Å². The molecule has 0 radical (unpaired) electrons. The van der Waals surface area contributed by atoms with Crippen molar-refractivity contribution >= 4 is 26.5 Å². The van der Waals surface area contributed by atoms with Gasteiger partial charge in [-0.2, -0.15) is 0 Å². The first-order chi connectivity index (χ1) is 27.8. The summed E-state index contributed by atoms with van der Waals surface area (Å²) in [7, 11) is -3.06. The first-order valence-electron chi connectivity index (χ1n) is 21.1. The van der Waals surface area contributed by atoms with Gasteiger partial charge in [-0.25, -0.2) is 15.0 Å². The fraction of sp³-hybridized carbons (Fsp3) is 0.133. The predicted octanol–water partition coefficient (Wildman–Crippen LogP) is 11.0. The van der Waals surface area contributed by atoms with Gasteiger partial charge in [0.25, 0.3) is 0 Å². The van der Waals surface area contributed by atoms with Crippen LogP contribution < -0.4 is 10.4 Å². The van der Waals surface area contributed by atoms with Crippen molar-refractivity contribution in [1.29, 1.82) is 0 Å². The van der Waals surface area contributed by atoms with E-state index < -0.39 is 58.4 Å². The highest BCUT2D eigenvalue weighted by molar-refractivity contribution is 6.89. The predicted molar refractivity (Wildman–Crippen MR) is 218 cm³/mol. The van der Waals surface area contributed by atoms with Crippen LogP contribution >= 0.6 is 0 Å². The fourth-order valence-electron chi connectivity index (χ4n) is 5.65. The summed E-state index contributed by atoms with van der Waals surface area (Å²) in [5.74, 6) is 1.61. The molecule has 7 rings (SSSR count). The summed E-state index contributed by atoms with van der Waals surface area (Å²) >= 11 is 0. The number of rotatable bonds is 8. The third kappa shape index (κ3) is 7.35. The minimum atomic E-state index is -1.53. The molecule has 0 amide bonds. The first kappa shape index (κ1) is 24.0. The summed E-state index contributed by atoms with van der Waals surface area (Å²) in [6.45, 7) is 13.9. The minimum Gasteiger partial charge on any atom is -0.208 e. The van der Waals surface area contributed by atoms with Crippen LogP contribution in [0.15, 0.2) is 151 Å². The molecule has 50 heavy (non-hydrogen) atoms. The Morgan fingerprint density at radius 3 is 1.14 bits per heavy atom. The van der Waals surface area contributed by atoms with Gasteiger partial charge in [-0.3, -0.25) is 0 Å². The van der Waals surface area contributed by atoms with Gasteiger partial charge in [0.1, 0.15) is 0 Å². The highest BCUT2D eigenvalue weighted by Gasteiger charge is 2.19. The molecule has 3 nitrogen and oxygen atoms in total. The molecule has 6 aromatic carbocycles.